The minimum absolute atomic E-state index is 0.0475. The summed E-state index contributed by atoms with van der Waals surface area (Å²) in [4.78, 5) is 4.61. The molecule has 2 N–H and O–H groups in total. The van der Waals surface area contributed by atoms with Crippen LogP contribution in [0.25, 0.3) is 11.0 Å². The molecule has 11 heteroatoms. The number of hydrogen-bond donors (Lipinski definition) is 1. The van der Waals surface area contributed by atoms with Gasteiger partial charge in [0, 0.05) is 11.6 Å². The first kappa shape index (κ1) is 19.6. The van der Waals surface area contributed by atoms with E-state index in [1.54, 1.807) is 12.1 Å². The third kappa shape index (κ3) is 4.03. The van der Waals surface area contributed by atoms with Gasteiger partial charge in [-0.25, -0.2) is 9.66 Å². The summed E-state index contributed by atoms with van der Waals surface area (Å²) in [6.45, 7) is 0.554. The average Bonchev–Trinajstić information content (AvgIpc) is 3.21. The largest absolute Gasteiger partial charge is 0.453 e. The number of hydrogen-bond acceptors (Lipinski definition) is 5. The van der Waals surface area contributed by atoms with Gasteiger partial charge in [0.05, 0.1) is 16.8 Å². The quantitative estimate of drug-likeness (QED) is 0.370. The monoisotopic (exact) mass is 438 g/mol. The number of benzene rings is 2. The van der Waals surface area contributed by atoms with Crippen molar-refractivity contribution in [2.24, 2.45) is 0 Å². The summed E-state index contributed by atoms with van der Waals surface area (Å²) in [5.74, 6) is 5.19. The molecule has 29 heavy (non-hydrogen) atoms. The number of nitrogens with two attached hydrogens (primary N) is 1. The molecule has 0 aliphatic rings. The second kappa shape index (κ2) is 7.60. The molecule has 2 heterocycles. The van der Waals surface area contributed by atoms with Gasteiger partial charge < -0.3 is 10.4 Å². The molecule has 0 unspecified atom stereocenters. The van der Waals surface area contributed by atoms with Gasteiger partial charge in [-0.05, 0) is 23.8 Å². The highest BCUT2D eigenvalue weighted by atomic mass is 35.5. The van der Waals surface area contributed by atoms with Crippen LogP contribution in [-0.2, 0) is 18.5 Å². The minimum Gasteiger partial charge on any atom is -0.335 e. The summed E-state index contributed by atoms with van der Waals surface area (Å²) in [6.07, 6.45) is -4.67. The second-order valence-corrected chi connectivity index (χ2v) is 7.57. The molecule has 4 aromatic rings. The van der Waals surface area contributed by atoms with E-state index in [-0.39, 0.29) is 10.9 Å². The maximum absolute atomic E-state index is 12.9. The van der Waals surface area contributed by atoms with Gasteiger partial charge in [-0.15, -0.1) is 10.2 Å². The Balaban J connectivity index is 1.66. The van der Waals surface area contributed by atoms with Crippen LogP contribution in [0.4, 0.5) is 13.2 Å². The van der Waals surface area contributed by atoms with Gasteiger partial charge in [-0.1, -0.05) is 53.7 Å². The normalized spacial score (nSPS) is 12.0. The topological polar surface area (TPSA) is 74.6 Å². The smallest absolute Gasteiger partial charge is 0.335 e. The molecule has 6 nitrogen and oxygen atoms in total. The molecule has 0 bridgehead atoms. The zero-order chi connectivity index (χ0) is 20.6. The molecule has 2 aromatic heterocycles. The second-order valence-electron chi connectivity index (χ2n) is 6.20. The molecular weight excluding hydrogens is 425 g/mol. The molecule has 0 atom stereocenters. The van der Waals surface area contributed by atoms with E-state index in [0.717, 1.165) is 22.8 Å². The molecule has 0 radical (unpaired) electrons. The van der Waals surface area contributed by atoms with E-state index >= 15 is 0 Å². The lowest BCUT2D eigenvalue weighted by Crippen LogP contribution is -2.21. The molecule has 150 valence electrons. The average molecular weight is 439 g/mol. The van der Waals surface area contributed by atoms with E-state index < -0.39 is 12.0 Å². The van der Waals surface area contributed by atoms with Crippen molar-refractivity contribution in [3.05, 3.63) is 70.8 Å². The first-order valence-corrected chi connectivity index (χ1v) is 9.78. The SMILES string of the molecule is Nn1c(SCc2nc3cc(Cl)ccc3n2Cc2ccccc2)nnc1C(F)(F)F. The fourth-order valence-corrected chi connectivity index (χ4v) is 3.87. The van der Waals surface area contributed by atoms with E-state index in [2.05, 4.69) is 15.2 Å². The van der Waals surface area contributed by atoms with Crippen LogP contribution in [-0.4, -0.2) is 24.4 Å². The van der Waals surface area contributed by atoms with Crippen molar-refractivity contribution in [1.29, 1.82) is 0 Å². The number of aromatic nitrogens is 5. The van der Waals surface area contributed by atoms with E-state index in [9.17, 15) is 13.2 Å². The molecule has 0 aliphatic carbocycles. The van der Waals surface area contributed by atoms with Gasteiger partial charge >= 0.3 is 6.18 Å². The van der Waals surface area contributed by atoms with Crippen LogP contribution in [0.2, 0.25) is 5.02 Å². The van der Waals surface area contributed by atoms with E-state index in [1.807, 2.05) is 41.0 Å². The lowest BCUT2D eigenvalue weighted by molar-refractivity contribution is -0.146. The Morgan fingerprint density at radius 3 is 2.52 bits per heavy atom. The Bertz CT molecular complexity index is 1160. The minimum atomic E-state index is -4.67. The molecule has 0 amide bonds. The van der Waals surface area contributed by atoms with E-state index in [0.29, 0.717) is 27.6 Å². The maximum Gasteiger partial charge on any atom is 0.453 e. The standard InChI is InChI=1S/C18H14ClF3N6S/c19-12-6-7-14-13(8-12)24-15(27(14)9-11-4-2-1-3-5-11)10-29-17-26-25-16(28(17)23)18(20,21)22/h1-8H,9-10,23H2. The predicted octanol–water partition coefficient (Wildman–Crippen LogP) is 4.35. The molecule has 0 saturated heterocycles. The van der Waals surface area contributed by atoms with Gasteiger partial charge in [0.15, 0.2) is 0 Å². The molecule has 0 saturated carbocycles. The predicted molar refractivity (Wildman–Crippen MR) is 105 cm³/mol. The van der Waals surface area contributed by atoms with Gasteiger partial charge in [-0.3, -0.25) is 0 Å². The first-order valence-electron chi connectivity index (χ1n) is 8.42. The number of fused-ring (bicyclic) bond motifs is 1. The highest BCUT2D eigenvalue weighted by Gasteiger charge is 2.38. The summed E-state index contributed by atoms with van der Waals surface area (Å²) in [7, 11) is 0. The van der Waals surface area contributed by atoms with Crippen LogP contribution in [0.3, 0.4) is 0 Å². The number of nitrogens with zero attached hydrogens (tertiary/aromatic N) is 5. The van der Waals surface area contributed by atoms with Crippen LogP contribution >= 0.6 is 23.4 Å². The van der Waals surface area contributed by atoms with Crippen LogP contribution in [0.15, 0.2) is 53.7 Å². The number of rotatable bonds is 5. The maximum atomic E-state index is 12.9. The summed E-state index contributed by atoms with van der Waals surface area (Å²) in [5.41, 5.74) is 2.64. The lowest BCUT2D eigenvalue weighted by atomic mass is 10.2. The zero-order valence-electron chi connectivity index (χ0n) is 14.8. The van der Waals surface area contributed by atoms with Gasteiger partial charge in [0.25, 0.3) is 5.82 Å². The number of alkyl halides is 3. The summed E-state index contributed by atoms with van der Waals surface area (Å²) < 4.78 is 41.0. The summed E-state index contributed by atoms with van der Waals surface area (Å²) >= 11 is 7.11. The highest BCUT2D eigenvalue weighted by Crippen LogP contribution is 2.30. The van der Waals surface area contributed by atoms with Crippen LogP contribution in [0, 0.1) is 0 Å². The Kier molecular flexibility index (Phi) is 5.13. The molecule has 4 rings (SSSR count). The number of nitrogen functional groups attached to an aromatic ring is 1. The third-order valence-electron chi connectivity index (χ3n) is 4.22. The Morgan fingerprint density at radius 1 is 1.07 bits per heavy atom. The van der Waals surface area contributed by atoms with E-state index in [1.165, 1.54) is 0 Å². The van der Waals surface area contributed by atoms with Crippen molar-refractivity contribution in [2.45, 2.75) is 23.6 Å². The molecule has 2 aromatic carbocycles. The molecule has 0 fully saturated rings. The third-order valence-corrected chi connectivity index (χ3v) is 5.40. The molecule has 0 spiro atoms. The van der Waals surface area contributed by atoms with Crippen molar-refractivity contribution < 1.29 is 13.2 Å². The molecule has 0 aliphatic heterocycles. The number of imidazole rings is 1. The fraction of sp³-hybridized carbons (Fsp3) is 0.167. The molecular formula is C18H14ClF3N6S. The van der Waals surface area contributed by atoms with E-state index in [4.69, 9.17) is 17.4 Å². The lowest BCUT2D eigenvalue weighted by Gasteiger charge is -2.10. The van der Waals surface area contributed by atoms with Crippen molar-refractivity contribution in [1.82, 2.24) is 24.4 Å². The number of halogens is 4. The van der Waals surface area contributed by atoms with Crippen molar-refractivity contribution >= 4 is 34.4 Å². The summed E-state index contributed by atoms with van der Waals surface area (Å²) in [5, 5.41) is 7.20. The highest BCUT2D eigenvalue weighted by molar-refractivity contribution is 7.98. The van der Waals surface area contributed by atoms with Gasteiger partial charge in [0.1, 0.15) is 5.82 Å². The Hall–Kier alpha value is -2.72. The van der Waals surface area contributed by atoms with Crippen molar-refractivity contribution in [3.63, 3.8) is 0 Å². The van der Waals surface area contributed by atoms with Crippen molar-refractivity contribution in [2.75, 3.05) is 5.84 Å². The Morgan fingerprint density at radius 2 is 1.83 bits per heavy atom. The van der Waals surface area contributed by atoms with Crippen LogP contribution in [0.1, 0.15) is 17.2 Å². The first-order chi connectivity index (χ1) is 13.8. The van der Waals surface area contributed by atoms with Crippen molar-refractivity contribution in [3.8, 4) is 0 Å². The zero-order valence-corrected chi connectivity index (χ0v) is 16.3. The van der Waals surface area contributed by atoms with Gasteiger partial charge in [-0.2, -0.15) is 13.2 Å². The number of thioether (sulfide) groups is 1. The fourth-order valence-electron chi connectivity index (χ4n) is 2.90. The van der Waals surface area contributed by atoms with Crippen LogP contribution < -0.4 is 5.84 Å². The van der Waals surface area contributed by atoms with Crippen LogP contribution in [0.5, 0.6) is 0 Å². The van der Waals surface area contributed by atoms with Gasteiger partial charge in [0.2, 0.25) is 5.16 Å². The Labute approximate surface area is 172 Å². The summed E-state index contributed by atoms with van der Waals surface area (Å²) in [6, 6.07) is 15.2.